The number of aliphatic hydroxyl groups is 4. The van der Waals surface area contributed by atoms with Crippen LogP contribution in [0.1, 0.15) is 18.9 Å². The maximum atomic E-state index is 11.6. The fourth-order valence-corrected chi connectivity index (χ4v) is 5.30. The maximum Gasteiger partial charge on any atom is 0.249 e. The van der Waals surface area contributed by atoms with Gasteiger partial charge in [-0.05, 0) is 45.6 Å². The van der Waals surface area contributed by atoms with Gasteiger partial charge >= 0.3 is 0 Å². The van der Waals surface area contributed by atoms with Crippen molar-refractivity contribution in [2.75, 3.05) is 27.2 Å². The van der Waals surface area contributed by atoms with E-state index in [1.165, 1.54) is 0 Å². The predicted molar refractivity (Wildman–Crippen MR) is 117 cm³/mol. The third kappa shape index (κ3) is 4.43. The van der Waals surface area contributed by atoms with E-state index in [1.54, 1.807) is 33.4 Å². The highest BCUT2D eigenvalue weighted by atomic mass is 16.8. The average Bonchev–Trinajstić information content (AvgIpc) is 2.78. The van der Waals surface area contributed by atoms with E-state index in [-0.39, 0.29) is 13.0 Å². The van der Waals surface area contributed by atoms with Crippen molar-refractivity contribution < 1.29 is 34.6 Å². The van der Waals surface area contributed by atoms with Gasteiger partial charge < -0.3 is 50.6 Å². The Kier molecular flexibility index (Phi) is 7.37. The molecule has 3 heterocycles. The molecular formula is C22H36N4O7. The highest BCUT2D eigenvalue weighted by Crippen LogP contribution is 2.46. The molecule has 1 aromatic heterocycles. The number of aliphatic hydroxyl groups excluding tert-OH is 2. The zero-order valence-electron chi connectivity index (χ0n) is 19.2. The summed E-state index contributed by atoms with van der Waals surface area (Å²) >= 11 is 0. The molecule has 1 saturated carbocycles. The number of nitrogens with one attached hydrogen (secondary N) is 3. The van der Waals surface area contributed by atoms with Crippen LogP contribution in [0.5, 0.6) is 0 Å². The zero-order valence-corrected chi connectivity index (χ0v) is 19.2. The molecule has 1 aromatic rings. The molecule has 0 aromatic carbocycles. The smallest absolute Gasteiger partial charge is 0.249 e. The lowest BCUT2D eigenvalue weighted by Crippen LogP contribution is -2.81. The molecule has 10 atom stereocenters. The summed E-state index contributed by atoms with van der Waals surface area (Å²) in [5.41, 5.74) is -0.682. The van der Waals surface area contributed by atoms with Crippen molar-refractivity contribution >= 4 is 0 Å². The van der Waals surface area contributed by atoms with Crippen LogP contribution in [0.2, 0.25) is 0 Å². The second-order valence-corrected chi connectivity index (χ2v) is 9.29. The lowest BCUT2D eigenvalue weighted by atomic mass is 9.77. The van der Waals surface area contributed by atoms with Crippen LogP contribution in [0.15, 0.2) is 24.5 Å². The fourth-order valence-electron chi connectivity index (χ4n) is 5.30. The van der Waals surface area contributed by atoms with Crippen molar-refractivity contribution in [2.24, 2.45) is 0 Å². The molecule has 7 N–H and O–H groups in total. The highest BCUT2D eigenvalue weighted by molar-refractivity contribution is 5.13. The Balaban J connectivity index is 1.52. The van der Waals surface area contributed by atoms with Gasteiger partial charge in [0, 0.05) is 25.4 Å². The van der Waals surface area contributed by atoms with Gasteiger partial charge in [0.05, 0.1) is 24.3 Å². The van der Waals surface area contributed by atoms with Crippen molar-refractivity contribution in [2.45, 2.75) is 80.0 Å². The SMILES string of the molecule is CN[C@@H]1[C@H](O)[C@H](NC)C2OC3(O)C(O[C@H](C)C[C@@]3(O)CNCCc3cccnc3)O[C@@H]2[C@H]1O. The van der Waals surface area contributed by atoms with Gasteiger partial charge in [-0.25, -0.2) is 0 Å². The number of nitrogens with zero attached hydrogens (tertiary/aromatic N) is 1. The van der Waals surface area contributed by atoms with Gasteiger partial charge in [-0.3, -0.25) is 4.98 Å². The van der Waals surface area contributed by atoms with Crippen LogP contribution in [-0.4, -0.2) is 113 Å². The minimum atomic E-state index is -2.21. The van der Waals surface area contributed by atoms with Crippen LogP contribution in [-0.2, 0) is 20.6 Å². The molecule has 0 spiro atoms. The Morgan fingerprint density at radius 3 is 2.52 bits per heavy atom. The van der Waals surface area contributed by atoms with Crippen LogP contribution in [0, 0.1) is 0 Å². The number of pyridine rings is 1. The van der Waals surface area contributed by atoms with Gasteiger partial charge in [0.25, 0.3) is 0 Å². The first kappa shape index (κ1) is 24.9. The molecule has 186 valence electrons. The summed E-state index contributed by atoms with van der Waals surface area (Å²) in [6, 6.07) is 2.50. The van der Waals surface area contributed by atoms with Crippen LogP contribution in [0.4, 0.5) is 0 Å². The zero-order chi connectivity index (χ0) is 23.8. The van der Waals surface area contributed by atoms with E-state index in [9.17, 15) is 20.4 Å². The first-order valence-electron chi connectivity index (χ1n) is 11.5. The maximum absolute atomic E-state index is 11.6. The molecule has 4 rings (SSSR count). The van der Waals surface area contributed by atoms with Gasteiger partial charge in [0.15, 0.2) is 0 Å². The summed E-state index contributed by atoms with van der Waals surface area (Å²) in [7, 11) is 3.29. The lowest BCUT2D eigenvalue weighted by molar-refractivity contribution is -0.482. The van der Waals surface area contributed by atoms with Gasteiger partial charge in [-0.2, -0.15) is 0 Å². The summed E-state index contributed by atoms with van der Waals surface area (Å²) in [5.74, 6) is -2.21. The Hall–Kier alpha value is -1.25. The largest absolute Gasteiger partial charge is 0.390 e. The van der Waals surface area contributed by atoms with Crippen molar-refractivity contribution in [3.05, 3.63) is 30.1 Å². The van der Waals surface area contributed by atoms with Crippen LogP contribution < -0.4 is 16.0 Å². The second-order valence-electron chi connectivity index (χ2n) is 9.29. The Labute approximate surface area is 193 Å². The number of rotatable bonds is 7. The number of likely N-dealkylation sites (N-methyl/N-ethyl adjacent to an activating group) is 2. The standard InChI is InChI=1S/C22H36N4O7/c1-12-9-21(29,11-26-8-6-13-5-4-7-25-10-13)22(30)20(31-12)32-19-17(28)14(23-2)16(27)15(24-3)18(19)33-22/h4-5,7,10,12,14-20,23-24,26-30H,6,8-9,11H2,1-3H3/t12-,14-,15+,16+,17+,18?,19-,20?,21-,22?/m1/s1. The number of ether oxygens (including phenoxy) is 3. The first-order chi connectivity index (χ1) is 15.7. The van der Waals surface area contributed by atoms with E-state index in [4.69, 9.17) is 14.2 Å². The number of hydrogen-bond donors (Lipinski definition) is 7. The Morgan fingerprint density at radius 2 is 1.85 bits per heavy atom. The third-order valence-corrected chi connectivity index (χ3v) is 7.08. The number of fused-ring (bicyclic) bond motifs is 2. The normalized spacial score (nSPS) is 45.3. The first-order valence-corrected chi connectivity index (χ1v) is 11.5. The van der Waals surface area contributed by atoms with Crippen molar-refractivity contribution in [3.63, 3.8) is 0 Å². The summed E-state index contributed by atoms with van der Waals surface area (Å²) in [4.78, 5) is 4.10. The molecule has 11 nitrogen and oxygen atoms in total. The molecule has 33 heavy (non-hydrogen) atoms. The molecule has 3 unspecified atom stereocenters. The number of aromatic nitrogens is 1. The van der Waals surface area contributed by atoms with Gasteiger partial charge in [0.2, 0.25) is 12.1 Å². The van der Waals surface area contributed by atoms with Crippen LogP contribution in [0.25, 0.3) is 0 Å². The topological polar surface area (TPSA) is 158 Å². The minimum Gasteiger partial charge on any atom is -0.390 e. The van der Waals surface area contributed by atoms with Crippen LogP contribution in [0.3, 0.4) is 0 Å². The highest BCUT2D eigenvalue weighted by Gasteiger charge is 2.68. The van der Waals surface area contributed by atoms with E-state index in [1.807, 2.05) is 12.1 Å². The van der Waals surface area contributed by atoms with Crippen molar-refractivity contribution in [1.82, 2.24) is 20.9 Å². The third-order valence-electron chi connectivity index (χ3n) is 7.08. The molecule has 0 bridgehead atoms. The molecule has 3 aliphatic rings. The van der Waals surface area contributed by atoms with Gasteiger partial charge in [-0.1, -0.05) is 6.07 Å². The van der Waals surface area contributed by atoms with Crippen molar-refractivity contribution in [3.8, 4) is 0 Å². The Bertz CT molecular complexity index is 791. The van der Waals surface area contributed by atoms with Gasteiger partial charge in [-0.15, -0.1) is 0 Å². The molecule has 2 aliphatic heterocycles. The Morgan fingerprint density at radius 1 is 1.09 bits per heavy atom. The summed E-state index contributed by atoms with van der Waals surface area (Å²) in [6.45, 7) is 2.37. The minimum absolute atomic E-state index is 0.0309. The van der Waals surface area contributed by atoms with E-state index < -0.39 is 60.3 Å². The molecule has 0 radical (unpaired) electrons. The molecule has 0 amide bonds. The monoisotopic (exact) mass is 468 g/mol. The summed E-state index contributed by atoms with van der Waals surface area (Å²) in [6.07, 6.45) is -1.38. The van der Waals surface area contributed by atoms with E-state index >= 15 is 0 Å². The molecule has 11 heteroatoms. The quantitative estimate of drug-likeness (QED) is 0.212. The summed E-state index contributed by atoms with van der Waals surface area (Å²) < 4.78 is 17.9. The molecule has 1 aliphatic carbocycles. The molecule has 3 fully saturated rings. The predicted octanol–water partition coefficient (Wildman–Crippen LogP) is -2.54. The van der Waals surface area contributed by atoms with E-state index in [0.717, 1.165) is 5.56 Å². The average molecular weight is 469 g/mol. The summed E-state index contributed by atoms with van der Waals surface area (Å²) in [5, 5.41) is 53.9. The van der Waals surface area contributed by atoms with E-state index in [2.05, 4.69) is 20.9 Å². The van der Waals surface area contributed by atoms with Gasteiger partial charge in [0.1, 0.15) is 23.9 Å². The molecular weight excluding hydrogens is 432 g/mol. The van der Waals surface area contributed by atoms with Crippen LogP contribution >= 0.6 is 0 Å². The fraction of sp³-hybridized carbons (Fsp3) is 0.773. The lowest BCUT2D eigenvalue weighted by Gasteiger charge is -2.60. The second kappa shape index (κ2) is 9.78. The van der Waals surface area contributed by atoms with E-state index in [0.29, 0.717) is 13.0 Å². The van der Waals surface area contributed by atoms with Crippen molar-refractivity contribution in [1.29, 1.82) is 0 Å². The molecule has 2 saturated heterocycles. The number of hydrogen-bond acceptors (Lipinski definition) is 11.